The summed E-state index contributed by atoms with van der Waals surface area (Å²) in [5, 5.41) is 16.3. The number of aromatic amines is 1. The van der Waals surface area contributed by atoms with Crippen molar-refractivity contribution in [3.8, 4) is 22.8 Å². The summed E-state index contributed by atoms with van der Waals surface area (Å²) in [6.45, 7) is 1.11. The van der Waals surface area contributed by atoms with Gasteiger partial charge in [0.15, 0.2) is 0 Å². The Labute approximate surface area is 124 Å². The molecule has 0 amide bonds. The second-order valence-corrected chi connectivity index (χ2v) is 5.35. The maximum absolute atomic E-state index is 11.0. The van der Waals surface area contributed by atoms with Gasteiger partial charge in [0.2, 0.25) is 0 Å². The molecule has 0 bridgehead atoms. The van der Waals surface area contributed by atoms with E-state index in [1.54, 1.807) is 0 Å². The first-order valence-electron chi connectivity index (χ1n) is 6.58. The number of ether oxygens (including phenoxy) is 2. The van der Waals surface area contributed by atoms with Gasteiger partial charge in [-0.25, -0.2) is 4.79 Å². The number of hydrogen-bond donors (Lipinski definition) is 2. The van der Waals surface area contributed by atoms with E-state index < -0.39 is 5.97 Å². The predicted octanol–water partition coefficient (Wildman–Crippen LogP) is 2.30. The van der Waals surface area contributed by atoms with Crippen LogP contribution in [0.5, 0.6) is 11.5 Å². The summed E-state index contributed by atoms with van der Waals surface area (Å²) < 4.78 is 11.3. The van der Waals surface area contributed by atoms with Crippen LogP contribution in [0.1, 0.15) is 21.6 Å². The molecular weight excluding hydrogens is 296 g/mol. The molecule has 1 aromatic carbocycles. The van der Waals surface area contributed by atoms with Gasteiger partial charge >= 0.3 is 5.97 Å². The lowest BCUT2D eigenvalue weighted by Crippen LogP contribution is -1.95. The number of rotatable bonds is 2. The van der Waals surface area contributed by atoms with Crippen LogP contribution in [0.25, 0.3) is 11.3 Å². The third-order valence-electron chi connectivity index (χ3n) is 3.80. The summed E-state index contributed by atoms with van der Waals surface area (Å²) in [6.07, 6.45) is 1.42. The molecule has 1 aromatic heterocycles. The second kappa shape index (κ2) is 4.39. The lowest BCUT2D eigenvalue weighted by Gasteiger charge is -2.12. The molecule has 21 heavy (non-hydrogen) atoms. The molecule has 108 valence electrons. The van der Waals surface area contributed by atoms with E-state index >= 15 is 0 Å². The molecule has 2 N–H and O–H groups in total. The first-order valence-corrected chi connectivity index (χ1v) is 6.96. The van der Waals surface area contributed by atoms with E-state index in [1.807, 2.05) is 0 Å². The Morgan fingerprint density at radius 2 is 1.95 bits per heavy atom. The Kier molecular flexibility index (Phi) is 2.62. The molecule has 2 aliphatic heterocycles. The average Bonchev–Trinajstić information content (AvgIpc) is 3.19. The predicted molar refractivity (Wildman–Crippen MR) is 74.4 cm³/mol. The smallest absolute Gasteiger partial charge is 0.353 e. The monoisotopic (exact) mass is 306 g/mol. The van der Waals surface area contributed by atoms with Crippen molar-refractivity contribution in [2.75, 3.05) is 13.2 Å². The average molecular weight is 307 g/mol. The maximum Gasteiger partial charge on any atom is 0.353 e. The molecule has 3 heterocycles. The highest BCUT2D eigenvalue weighted by Crippen LogP contribution is 2.50. The van der Waals surface area contributed by atoms with Crippen molar-refractivity contribution >= 4 is 17.6 Å². The van der Waals surface area contributed by atoms with Crippen LogP contribution in [0.15, 0.2) is 6.07 Å². The van der Waals surface area contributed by atoms with Gasteiger partial charge in [-0.2, -0.15) is 5.10 Å². The molecule has 0 saturated heterocycles. The van der Waals surface area contributed by atoms with Crippen molar-refractivity contribution < 1.29 is 19.4 Å². The standard InChI is InChI=1S/C14H11ClN2O4/c15-11-7-2-4-20-12(7)10(6-1-3-21-13(6)11)8-5-9(14(18)19)17-16-8/h5H,1-4H2,(H,16,17)(H,18,19). The van der Waals surface area contributed by atoms with Crippen molar-refractivity contribution in [2.24, 2.45) is 0 Å². The normalized spacial score (nSPS) is 15.3. The number of carboxylic acid groups (broad SMARTS) is 1. The first kappa shape index (κ1) is 12.5. The van der Waals surface area contributed by atoms with E-state index in [0.29, 0.717) is 48.3 Å². The Morgan fingerprint density at radius 1 is 1.24 bits per heavy atom. The highest BCUT2D eigenvalue weighted by molar-refractivity contribution is 6.33. The lowest BCUT2D eigenvalue weighted by atomic mass is 9.97. The third kappa shape index (κ3) is 1.72. The molecule has 0 spiro atoms. The summed E-state index contributed by atoms with van der Waals surface area (Å²) in [7, 11) is 0. The molecule has 0 fully saturated rings. The van der Waals surface area contributed by atoms with Crippen molar-refractivity contribution in [2.45, 2.75) is 12.8 Å². The van der Waals surface area contributed by atoms with Crippen LogP contribution >= 0.6 is 11.6 Å². The fourth-order valence-electron chi connectivity index (χ4n) is 2.88. The summed E-state index contributed by atoms with van der Waals surface area (Å²) >= 11 is 6.39. The Bertz CT molecular complexity index is 734. The summed E-state index contributed by atoms with van der Waals surface area (Å²) in [5.41, 5.74) is 3.22. The van der Waals surface area contributed by atoms with Crippen LogP contribution in [0, 0.1) is 0 Å². The number of carboxylic acids is 1. The fourth-order valence-corrected chi connectivity index (χ4v) is 3.23. The van der Waals surface area contributed by atoms with Gasteiger partial charge in [-0.3, -0.25) is 5.10 Å². The summed E-state index contributed by atoms with van der Waals surface area (Å²) in [5.74, 6) is 0.330. The summed E-state index contributed by atoms with van der Waals surface area (Å²) in [4.78, 5) is 11.0. The van der Waals surface area contributed by atoms with Crippen LogP contribution in [0.2, 0.25) is 5.02 Å². The van der Waals surface area contributed by atoms with Gasteiger partial charge < -0.3 is 14.6 Å². The van der Waals surface area contributed by atoms with Crippen LogP contribution in [0.3, 0.4) is 0 Å². The zero-order valence-corrected chi connectivity index (χ0v) is 11.7. The quantitative estimate of drug-likeness (QED) is 0.889. The molecule has 0 unspecified atom stereocenters. The number of H-pyrrole nitrogens is 1. The Morgan fingerprint density at radius 3 is 2.67 bits per heavy atom. The van der Waals surface area contributed by atoms with Crippen molar-refractivity contribution in [1.29, 1.82) is 0 Å². The van der Waals surface area contributed by atoms with Gasteiger partial charge in [-0.1, -0.05) is 11.6 Å². The molecular formula is C14H11ClN2O4. The number of nitrogens with zero attached hydrogens (tertiary/aromatic N) is 1. The van der Waals surface area contributed by atoms with Crippen LogP contribution in [-0.4, -0.2) is 34.5 Å². The minimum atomic E-state index is -1.05. The lowest BCUT2D eigenvalue weighted by molar-refractivity contribution is 0.0690. The number of aromatic nitrogens is 2. The number of fused-ring (bicyclic) bond motifs is 2. The highest BCUT2D eigenvalue weighted by Gasteiger charge is 2.32. The van der Waals surface area contributed by atoms with Gasteiger partial charge in [0.05, 0.1) is 29.5 Å². The zero-order valence-electron chi connectivity index (χ0n) is 10.9. The third-order valence-corrected chi connectivity index (χ3v) is 4.20. The molecule has 0 aliphatic carbocycles. The molecule has 4 rings (SSSR count). The number of benzene rings is 1. The molecule has 2 aliphatic rings. The number of hydrogen-bond acceptors (Lipinski definition) is 4. The van der Waals surface area contributed by atoms with Gasteiger partial charge in [0.1, 0.15) is 17.2 Å². The Hall–Kier alpha value is -2.21. The van der Waals surface area contributed by atoms with Gasteiger partial charge in [0, 0.05) is 24.0 Å². The van der Waals surface area contributed by atoms with Crippen LogP contribution < -0.4 is 9.47 Å². The molecule has 7 heteroatoms. The van der Waals surface area contributed by atoms with Gasteiger partial charge in [-0.05, 0) is 6.07 Å². The van der Waals surface area contributed by atoms with Crippen molar-refractivity contribution in [3.63, 3.8) is 0 Å². The molecule has 2 aromatic rings. The number of halogens is 1. The van der Waals surface area contributed by atoms with E-state index in [-0.39, 0.29) is 5.69 Å². The largest absolute Gasteiger partial charge is 0.492 e. The van der Waals surface area contributed by atoms with Crippen molar-refractivity contribution in [1.82, 2.24) is 10.2 Å². The SMILES string of the molecule is O=C(O)c1cc(-c2c3c(c(Cl)c4c2OCC4)OCC3)n[nH]1. The highest BCUT2D eigenvalue weighted by atomic mass is 35.5. The number of nitrogens with one attached hydrogen (secondary N) is 1. The van der Waals surface area contributed by atoms with Gasteiger partial charge in [0.25, 0.3) is 0 Å². The van der Waals surface area contributed by atoms with E-state index in [4.69, 9.17) is 26.2 Å². The fraction of sp³-hybridized carbons (Fsp3) is 0.286. The van der Waals surface area contributed by atoms with E-state index in [9.17, 15) is 4.79 Å². The zero-order chi connectivity index (χ0) is 14.6. The molecule has 0 atom stereocenters. The maximum atomic E-state index is 11.0. The number of aromatic carboxylic acids is 1. The summed E-state index contributed by atoms with van der Waals surface area (Å²) in [6, 6.07) is 1.51. The minimum absolute atomic E-state index is 0.0411. The number of carbonyl (C=O) groups is 1. The van der Waals surface area contributed by atoms with Crippen LogP contribution in [0.4, 0.5) is 0 Å². The van der Waals surface area contributed by atoms with E-state index in [2.05, 4.69) is 10.2 Å². The molecule has 6 nitrogen and oxygen atoms in total. The topological polar surface area (TPSA) is 84.4 Å². The minimum Gasteiger partial charge on any atom is -0.492 e. The van der Waals surface area contributed by atoms with E-state index in [1.165, 1.54) is 6.07 Å². The molecule has 0 radical (unpaired) electrons. The van der Waals surface area contributed by atoms with E-state index in [0.717, 1.165) is 16.7 Å². The first-order chi connectivity index (χ1) is 10.2. The van der Waals surface area contributed by atoms with Gasteiger partial charge in [-0.15, -0.1) is 0 Å². The second-order valence-electron chi connectivity index (χ2n) is 4.97. The Balaban J connectivity index is 1.98. The molecule has 0 saturated carbocycles. The van der Waals surface area contributed by atoms with Crippen molar-refractivity contribution in [3.05, 3.63) is 27.9 Å². The van der Waals surface area contributed by atoms with Crippen LogP contribution in [-0.2, 0) is 12.8 Å².